The first-order valence-corrected chi connectivity index (χ1v) is 9.31. The molecule has 0 atom stereocenters. The predicted molar refractivity (Wildman–Crippen MR) is 102 cm³/mol. The van der Waals surface area contributed by atoms with E-state index in [4.69, 9.17) is 0 Å². The Hall–Kier alpha value is -3.51. The second-order valence-corrected chi connectivity index (χ2v) is 7.45. The van der Waals surface area contributed by atoms with Gasteiger partial charge in [-0.2, -0.15) is 41.3 Å². The Morgan fingerprint density at radius 1 is 0.844 bits per heavy atom. The zero-order valence-electron chi connectivity index (χ0n) is 16.4. The molecule has 0 saturated heterocycles. The van der Waals surface area contributed by atoms with Gasteiger partial charge in [0.15, 0.2) is 5.82 Å². The van der Waals surface area contributed by atoms with Crippen LogP contribution in [-0.4, -0.2) is 30.5 Å². The van der Waals surface area contributed by atoms with Crippen LogP contribution in [0.2, 0.25) is 0 Å². The van der Waals surface area contributed by atoms with Crippen molar-refractivity contribution in [2.75, 3.05) is 10.6 Å². The van der Waals surface area contributed by atoms with Gasteiger partial charge in [0.1, 0.15) is 17.1 Å². The molecule has 3 aromatic rings. The summed E-state index contributed by atoms with van der Waals surface area (Å²) in [4.78, 5) is 19.2. The van der Waals surface area contributed by atoms with Crippen molar-refractivity contribution in [3.05, 3.63) is 47.9 Å². The van der Waals surface area contributed by atoms with Crippen LogP contribution >= 0.6 is 0 Å². The zero-order valence-corrected chi connectivity index (χ0v) is 16.4. The van der Waals surface area contributed by atoms with E-state index < -0.39 is 23.7 Å². The molecule has 32 heavy (non-hydrogen) atoms. The maximum Gasteiger partial charge on any atom is 0.433 e. The van der Waals surface area contributed by atoms with Crippen LogP contribution in [0.3, 0.4) is 0 Å². The second-order valence-electron chi connectivity index (χ2n) is 7.45. The highest BCUT2D eigenvalue weighted by Crippen LogP contribution is 2.38. The monoisotopic (exact) mass is 455 g/mol. The lowest BCUT2D eigenvalue weighted by molar-refractivity contribution is -0.141. The fourth-order valence-electron chi connectivity index (χ4n) is 2.69. The van der Waals surface area contributed by atoms with Crippen molar-refractivity contribution in [3.8, 4) is 11.5 Å². The number of anilines is 3. The summed E-state index contributed by atoms with van der Waals surface area (Å²) < 4.78 is 78.0. The van der Waals surface area contributed by atoms with Crippen molar-refractivity contribution in [1.82, 2.24) is 24.9 Å². The van der Waals surface area contributed by atoms with E-state index in [0.717, 1.165) is 37.2 Å². The van der Waals surface area contributed by atoms with E-state index in [-0.39, 0.29) is 34.6 Å². The molecular weight excluding hydrogens is 440 g/mol. The van der Waals surface area contributed by atoms with Crippen molar-refractivity contribution in [1.29, 1.82) is 0 Å². The highest BCUT2D eigenvalue weighted by atomic mass is 19.4. The van der Waals surface area contributed by atoms with Gasteiger partial charge in [0.2, 0.25) is 11.9 Å². The summed E-state index contributed by atoms with van der Waals surface area (Å²) in [5, 5.41) is 5.69. The molecule has 0 bridgehead atoms. The van der Waals surface area contributed by atoms with E-state index in [0.29, 0.717) is 0 Å². The van der Waals surface area contributed by atoms with Crippen molar-refractivity contribution >= 4 is 17.6 Å². The third kappa shape index (κ3) is 5.03. The van der Waals surface area contributed by atoms with Gasteiger partial charge < -0.3 is 10.6 Å². The van der Waals surface area contributed by atoms with Crippen molar-refractivity contribution < 1.29 is 26.3 Å². The highest BCUT2D eigenvalue weighted by molar-refractivity contribution is 5.59. The number of hydrogen-bond acceptors (Lipinski definition) is 7. The van der Waals surface area contributed by atoms with Crippen LogP contribution in [0, 0.1) is 0 Å². The maximum absolute atomic E-state index is 13.1. The van der Waals surface area contributed by atoms with Gasteiger partial charge in [-0.3, -0.25) is 4.98 Å². The topological polar surface area (TPSA) is 88.5 Å². The van der Waals surface area contributed by atoms with Crippen molar-refractivity contribution in [2.24, 2.45) is 0 Å². The van der Waals surface area contributed by atoms with Crippen LogP contribution in [0.1, 0.15) is 31.2 Å². The van der Waals surface area contributed by atoms with Crippen LogP contribution in [0.4, 0.5) is 43.9 Å². The van der Waals surface area contributed by atoms with E-state index in [9.17, 15) is 26.3 Å². The number of aromatic nitrogens is 5. The Bertz CT molecular complexity index is 1140. The van der Waals surface area contributed by atoms with Crippen LogP contribution in [-0.2, 0) is 12.4 Å². The standard InChI is InChI=1S/C19H15F6N7/c1-17(6-7-17)32-16-30-14(11-3-2-4-12(28-11)18(20,21)22)29-15(31-16)27-10-5-8-26-13(9-10)19(23,24)25/h2-5,8-9H,6-7H2,1H3,(H2,26,27,29,30,31,32). The molecule has 0 aromatic carbocycles. The maximum atomic E-state index is 13.1. The first-order chi connectivity index (χ1) is 14.9. The Morgan fingerprint density at radius 2 is 1.53 bits per heavy atom. The molecule has 0 unspecified atom stereocenters. The molecule has 7 nitrogen and oxygen atoms in total. The fourth-order valence-corrected chi connectivity index (χ4v) is 2.69. The molecule has 0 amide bonds. The highest BCUT2D eigenvalue weighted by Gasteiger charge is 2.38. The molecule has 13 heteroatoms. The lowest BCUT2D eigenvalue weighted by Crippen LogP contribution is -2.19. The quantitative estimate of drug-likeness (QED) is 0.519. The smallest absolute Gasteiger partial charge is 0.349 e. The van der Waals surface area contributed by atoms with Crippen molar-refractivity contribution in [2.45, 2.75) is 37.7 Å². The summed E-state index contributed by atoms with van der Waals surface area (Å²) in [6, 6.07) is 5.31. The average molecular weight is 455 g/mol. The van der Waals surface area contributed by atoms with E-state index >= 15 is 0 Å². The SMILES string of the molecule is CC1(Nc2nc(Nc3ccnc(C(F)(F)F)c3)nc(-c3cccc(C(F)(F)F)n3)n2)CC1. The Labute approximate surface area is 177 Å². The summed E-state index contributed by atoms with van der Waals surface area (Å²) in [6.07, 6.45) is -6.70. The lowest BCUT2D eigenvalue weighted by atomic mass is 10.3. The minimum absolute atomic E-state index is 0.00920. The molecule has 0 radical (unpaired) electrons. The molecule has 1 aliphatic rings. The van der Waals surface area contributed by atoms with E-state index in [1.807, 2.05) is 6.92 Å². The first-order valence-electron chi connectivity index (χ1n) is 9.31. The van der Waals surface area contributed by atoms with Gasteiger partial charge in [-0.25, -0.2) is 4.98 Å². The number of pyridine rings is 2. The summed E-state index contributed by atoms with van der Waals surface area (Å²) in [5.74, 6) is -0.285. The van der Waals surface area contributed by atoms with Gasteiger partial charge in [0, 0.05) is 17.4 Å². The number of nitrogens with one attached hydrogen (secondary N) is 2. The third-order valence-electron chi connectivity index (χ3n) is 4.62. The second kappa shape index (κ2) is 7.57. The molecule has 2 N–H and O–H groups in total. The van der Waals surface area contributed by atoms with Crippen LogP contribution in [0.5, 0.6) is 0 Å². The number of hydrogen-bond donors (Lipinski definition) is 2. The van der Waals surface area contributed by atoms with Gasteiger partial charge >= 0.3 is 12.4 Å². The van der Waals surface area contributed by atoms with E-state index in [2.05, 4.69) is 35.6 Å². The molecule has 1 saturated carbocycles. The molecule has 0 spiro atoms. The van der Waals surface area contributed by atoms with Crippen LogP contribution < -0.4 is 10.6 Å². The number of nitrogens with zero attached hydrogens (tertiary/aromatic N) is 5. The molecule has 1 aliphatic carbocycles. The molecule has 3 aromatic heterocycles. The fraction of sp³-hybridized carbons (Fsp3) is 0.316. The predicted octanol–water partition coefficient (Wildman–Crippen LogP) is 5.07. The van der Waals surface area contributed by atoms with E-state index in [1.165, 1.54) is 12.1 Å². The summed E-state index contributed by atoms with van der Waals surface area (Å²) in [6.45, 7) is 1.91. The van der Waals surface area contributed by atoms with Gasteiger partial charge in [-0.1, -0.05) is 6.07 Å². The largest absolute Gasteiger partial charge is 0.433 e. The van der Waals surface area contributed by atoms with Crippen LogP contribution in [0.15, 0.2) is 36.5 Å². The minimum Gasteiger partial charge on any atom is -0.349 e. The van der Waals surface area contributed by atoms with Crippen LogP contribution in [0.25, 0.3) is 11.5 Å². The molecule has 3 heterocycles. The first kappa shape index (κ1) is 21.7. The molecule has 1 fully saturated rings. The lowest BCUT2D eigenvalue weighted by Gasteiger charge is -2.14. The minimum atomic E-state index is -4.67. The summed E-state index contributed by atoms with van der Waals surface area (Å²) in [7, 11) is 0. The van der Waals surface area contributed by atoms with Gasteiger partial charge in [0.25, 0.3) is 0 Å². The molecule has 168 valence electrons. The number of halogens is 6. The number of alkyl halides is 6. The molecule has 0 aliphatic heterocycles. The Morgan fingerprint density at radius 3 is 2.19 bits per heavy atom. The molecular formula is C19H15F6N7. The van der Waals surface area contributed by atoms with E-state index in [1.54, 1.807) is 0 Å². The third-order valence-corrected chi connectivity index (χ3v) is 4.62. The zero-order chi connectivity index (χ0) is 23.1. The normalized spacial score (nSPS) is 15.3. The Balaban J connectivity index is 1.72. The van der Waals surface area contributed by atoms with Crippen molar-refractivity contribution in [3.63, 3.8) is 0 Å². The van der Waals surface area contributed by atoms with Gasteiger partial charge in [-0.15, -0.1) is 0 Å². The summed E-state index contributed by atoms with van der Waals surface area (Å²) in [5.41, 5.74) is -2.71. The van der Waals surface area contributed by atoms with Gasteiger partial charge in [-0.05, 0) is 44.0 Å². The summed E-state index contributed by atoms with van der Waals surface area (Å²) >= 11 is 0. The van der Waals surface area contributed by atoms with Gasteiger partial charge in [0.05, 0.1) is 0 Å². The average Bonchev–Trinajstić information content (AvgIpc) is 3.43. The Kier molecular flexibility index (Phi) is 5.13. The number of rotatable bonds is 5. The molecule has 4 rings (SSSR count).